The molecule has 0 saturated carbocycles. The fourth-order valence-corrected chi connectivity index (χ4v) is 2.52. The van der Waals surface area contributed by atoms with Gasteiger partial charge in [0.25, 0.3) is 5.91 Å². The molecule has 5 nitrogen and oxygen atoms in total. The maximum atomic E-state index is 13.7. The molecule has 2 aromatic carbocycles. The van der Waals surface area contributed by atoms with Crippen molar-refractivity contribution in [3.63, 3.8) is 0 Å². The van der Waals surface area contributed by atoms with Gasteiger partial charge in [-0.1, -0.05) is 19.9 Å². The first-order chi connectivity index (χ1) is 12.8. The number of hydrogen-bond donors (Lipinski definition) is 2. The molecule has 0 unspecified atom stereocenters. The highest BCUT2D eigenvalue weighted by atomic mass is 19.1. The Labute approximate surface area is 158 Å². The van der Waals surface area contributed by atoms with Crippen LogP contribution in [-0.4, -0.2) is 24.5 Å². The Morgan fingerprint density at radius 2 is 1.78 bits per heavy atom. The molecule has 0 heterocycles. The molecular weight excluding hydrogens is 347 g/mol. The highest BCUT2D eigenvalue weighted by Crippen LogP contribution is 2.16. The van der Waals surface area contributed by atoms with E-state index in [1.165, 1.54) is 6.07 Å². The van der Waals surface area contributed by atoms with Crippen LogP contribution >= 0.6 is 0 Å². The summed E-state index contributed by atoms with van der Waals surface area (Å²) < 4.78 is 19.0. The number of carbonyl (C=O) groups excluding carboxylic acids is 2. The quantitative estimate of drug-likeness (QED) is 0.774. The molecule has 27 heavy (non-hydrogen) atoms. The van der Waals surface area contributed by atoms with E-state index in [-0.39, 0.29) is 11.8 Å². The highest BCUT2D eigenvalue weighted by molar-refractivity contribution is 6.01. The van der Waals surface area contributed by atoms with E-state index in [2.05, 4.69) is 10.6 Å². The van der Waals surface area contributed by atoms with Gasteiger partial charge in [-0.2, -0.15) is 0 Å². The van der Waals surface area contributed by atoms with E-state index in [0.717, 1.165) is 0 Å². The molecule has 2 rings (SSSR count). The number of rotatable bonds is 7. The van der Waals surface area contributed by atoms with Crippen molar-refractivity contribution in [2.75, 3.05) is 11.9 Å². The van der Waals surface area contributed by atoms with Crippen molar-refractivity contribution in [1.29, 1.82) is 0 Å². The maximum absolute atomic E-state index is 13.7. The molecule has 2 N–H and O–H groups in total. The van der Waals surface area contributed by atoms with Gasteiger partial charge in [0.15, 0.2) is 0 Å². The van der Waals surface area contributed by atoms with Crippen LogP contribution in [0.3, 0.4) is 0 Å². The van der Waals surface area contributed by atoms with Crippen molar-refractivity contribution in [3.05, 3.63) is 59.4 Å². The summed E-state index contributed by atoms with van der Waals surface area (Å²) in [4.78, 5) is 25.1. The lowest BCUT2D eigenvalue weighted by atomic mass is 10.0. The van der Waals surface area contributed by atoms with Gasteiger partial charge in [0.1, 0.15) is 17.6 Å². The van der Waals surface area contributed by atoms with E-state index >= 15 is 0 Å². The molecule has 0 spiro atoms. The molecule has 0 bridgehead atoms. The Hall–Kier alpha value is -2.89. The molecule has 6 heteroatoms. The van der Waals surface area contributed by atoms with E-state index < -0.39 is 17.8 Å². The second-order valence-electron chi connectivity index (χ2n) is 6.61. The van der Waals surface area contributed by atoms with Crippen molar-refractivity contribution < 1.29 is 18.7 Å². The summed E-state index contributed by atoms with van der Waals surface area (Å²) in [6, 6.07) is 10.4. The van der Waals surface area contributed by atoms with E-state index in [4.69, 9.17) is 4.74 Å². The largest absolute Gasteiger partial charge is 0.494 e. The van der Waals surface area contributed by atoms with Crippen molar-refractivity contribution in [3.8, 4) is 5.75 Å². The monoisotopic (exact) mass is 372 g/mol. The second kappa shape index (κ2) is 9.16. The average Bonchev–Trinajstić information content (AvgIpc) is 2.63. The summed E-state index contributed by atoms with van der Waals surface area (Å²) in [5, 5.41) is 5.41. The first-order valence-corrected chi connectivity index (χ1v) is 8.92. The predicted octanol–water partition coefficient (Wildman–Crippen LogP) is 3.93. The van der Waals surface area contributed by atoms with Crippen molar-refractivity contribution in [2.45, 2.75) is 33.7 Å². The standard InChI is InChI=1S/C21H25FN2O3/c1-5-27-17-10-7-15(8-11-17)20(25)24-19(13(2)3)21(26)23-16-9-6-14(4)18(22)12-16/h6-13,19H,5H2,1-4H3,(H,23,26)(H,24,25)/t19-/m0/s1. The van der Waals surface area contributed by atoms with Gasteiger partial charge in [-0.05, 0) is 61.7 Å². The Morgan fingerprint density at radius 1 is 1.11 bits per heavy atom. The topological polar surface area (TPSA) is 67.4 Å². The third kappa shape index (κ3) is 5.54. The molecule has 0 aromatic heterocycles. The summed E-state index contributed by atoms with van der Waals surface area (Å²) in [7, 11) is 0. The number of benzene rings is 2. The lowest BCUT2D eigenvalue weighted by Gasteiger charge is -2.22. The van der Waals surface area contributed by atoms with Crippen LogP contribution in [0.5, 0.6) is 5.75 Å². The molecule has 1 atom stereocenters. The molecule has 2 amide bonds. The van der Waals surface area contributed by atoms with Crippen molar-refractivity contribution in [2.24, 2.45) is 5.92 Å². The minimum atomic E-state index is -0.756. The predicted molar refractivity (Wildman–Crippen MR) is 103 cm³/mol. The normalized spacial score (nSPS) is 11.8. The summed E-state index contributed by atoms with van der Waals surface area (Å²) in [6.07, 6.45) is 0. The van der Waals surface area contributed by atoms with Crippen LogP contribution in [0.2, 0.25) is 0 Å². The molecule has 2 aromatic rings. The zero-order chi connectivity index (χ0) is 20.0. The van der Waals surface area contributed by atoms with Crippen molar-refractivity contribution in [1.82, 2.24) is 5.32 Å². The molecule has 144 valence electrons. The summed E-state index contributed by atoms with van der Waals surface area (Å²) in [5.74, 6) is -0.623. The molecule has 0 aliphatic carbocycles. The lowest BCUT2D eigenvalue weighted by molar-refractivity contribution is -0.118. The fourth-order valence-electron chi connectivity index (χ4n) is 2.52. The Balaban J connectivity index is 2.08. The number of aryl methyl sites for hydroxylation is 1. The molecule has 0 aliphatic heterocycles. The smallest absolute Gasteiger partial charge is 0.251 e. The van der Waals surface area contributed by atoms with E-state index in [1.807, 2.05) is 20.8 Å². The third-order valence-electron chi connectivity index (χ3n) is 4.10. The number of amides is 2. The Morgan fingerprint density at radius 3 is 2.33 bits per heavy atom. The maximum Gasteiger partial charge on any atom is 0.251 e. The van der Waals surface area contributed by atoms with Crippen LogP contribution in [0.15, 0.2) is 42.5 Å². The summed E-state index contributed by atoms with van der Waals surface area (Å²) >= 11 is 0. The zero-order valence-electron chi connectivity index (χ0n) is 16.0. The van der Waals surface area contributed by atoms with Gasteiger partial charge in [-0.15, -0.1) is 0 Å². The lowest BCUT2D eigenvalue weighted by Crippen LogP contribution is -2.47. The number of anilines is 1. The molecule has 0 aliphatic rings. The van der Waals surface area contributed by atoms with Gasteiger partial charge >= 0.3 is 0 Å². The number of hydrogen-bond acceptors (Lipinski definition) is 3. The zero-order valence-corrected chi connectivity index (χ0v) is 16.0. The summed E-state index contributed by atoms with van der Waals surface area (Å²) in [5.41, 5.74) is 1.28. The number of halogens is 1. The van der Waals surface area contributed by atoms with Crippen LogP contribution < -0.4 is 15.4 Å². The van der Waals surface area contributed by atoms with Crippen LogP contribution in [0, 0.1) is 18.7 Å². The molecule has 0 fully saturated rings. The fraction of sp³-hybridized carbons (Fsp3) is 0.333. The van der Waals surface area contributed by atoms with Gasteiger partial charge in [0.2, 0.25) is 5.91 Å². The van der Waals surface area contributed by atoms with Crippen molar-refractivity contribution >= 4 is 17.5 Å². The Bertz CT molecular complexity index is 804. The van der Waals surface area contributed by atoms with Gasteiger partial charge in [-0.25, -0.2) is 4.39 Å². The van der Waals surface area contributed by atoms with E-state index in [9.17, 15) is 14.0 Å². The molecular formula is C21H25FN2O3. The summed E-state index contributed by atoms with van der Waals surface area (Å²) in [6.45, 7) is 7.74. The van der Waals surface area contributed by atoms with Gasteiger partial charge in [-0.3, -0.25) is 9.59 Å². The van der Waals surface area contributed by atoms with Crippen LogP contribution in [0.4, 0.5) is 10.1 Å². The first kappa shape index (κ1) is 20.4. The second-order valence-corrected chi connectivity index (χ2v) is 6.61. The van der Waals surface area contributed by atoms with Crippen LogP contribution in [-0.2, 0) is 4.79 Å². The molecule has 0 saturated heterocycles. The minimum absolute atomic E-state index is 0.146. The van der Waals surface area contributed by atoms with Crippen LogP contribution in [0.1, 0.15) is 36.7 Å². The third-order valence-corrected chi connectivity index (χ3v) is 4.10. The number of ether oxygens (including phenoxy) is 1. The number of carbonyl (C=O) groups is 2. The average molecular weight is 372 g/mol. The van der Waals surface area contributed by atoms with E-state index in [1.54, 1.807) is 43.3 Å². The molecule has 0 radical (unpaired) electrons. The van der Waals surface area contributed by atoms with Gasteiger partial charge < -0.3 is 15.4 Å². The number of nitrogens with one attached hydrogen (secondary N) is 2. The van der Waals surface area contributed by atoms with Gasteiger partial charge in [0.05, 0.1) is 6.61 Å². The van der Waals surface area contributed by atoms with E-state index in [0.29, 0.717) is 29.2 Å². The van der Waals surface area contributed by atoms with Crippen LogP contribution in [0.25, 0.3) is 0 Å². The minimum Gasteiger partial charge on any atom is -0.494 e. The van der Waals surface area contributed by atoms with Gasteiger partial charge in [0, 0.05) is 11.3 Å². The first-order valence-electron chi connectivity index (χ1n) is 8.92. The Kier molecular flexibility index (Phi) is 6.93. The SMILES string of the molecule is CCOc1ccc(C(=O)N[C@H](C(=O)Nc2ccc(C)c(F)c2)C(C)C)cc1. The highest BCUT2D eigenvalue weighted by Gasteiger charge is 2.25.